The molecule has 104 valence electrons. The van der Waals surface area contributed by atoms with Crippen LogP contribution >= 0.6 is 15.9 Å². The molecule has 5 heteroatoms. The molecule has 0 unspecified atom stereocenters. The summed E-state index contributed by atoms with van der Waals surface area (Å²) in [7, 11) is 1.63. The van der Waals surface area contributed by atoms with Crippen LogP contribution in [0.1, 0.15) is 15.9 Å². The van der Waals surface area contributed by atoms with E-state index < -0.39 is 0 Å². The van der Waals surface area contributed by atoms with Crippen LogP contribution in [0.3, 0.4) is 0 Å². The second-order valence-electron chi connectivity index (χ2n) is 4.45. The van der Waals surface area contributed by atoms with Gasteiger partial charge >= 0.3 is 0 Å². The number of benzene rings is 2. The van der Waals surface area contributed by atoms with Gasteiger partial charge in [0.05, 0.1) is 5.56 Å². The number of phenolic OH excluding ortho intramolecular Hbond substituents is 1. The van der Waals surface area contributed by atoms with Crippen molar-refractivity contribution >= 4 is 21.8 Å². The molecule has 2 rings (SSSR count). The lowest BCUT2D eigenvalue weighted by molar-refractivity contribution is 0.0782. The van der Waals surface area contributed by atoms with Crippen LogP contribution in [-0.4, -0.2) is 23.0 Å². The van der Waals surface area contributed by atoms with E-state index in [-0.39, 0.29) is 23.0 Å². The van der Waals surface area contributed by atoms with Gasteiger partial charge in [0.25, 0.3) is 5.91 Å². The van der Waals surface area contributed by atoms with Crippen LogP contribution in [0, 0.1) is 5.82 Å². The van der Waals surface area contributed by atoms with E-state index in [0.29, 0.717) is 11.0 Å². The summed E-state index contributed by atoms with van der Waals surface area (Å²) in [4.78, 5) is 13.7. The smallest absolute Gasteiger partial charge is 0.257 e. The third-order valence-electron chi connectivity index (χ3n) is 2.87. The zero-order valence-electron chi connectivity index (χ0n) is 10.8. The molecule has 2 aromatic rings. The topological polar surface area (TPSA) is 40.5 Å². The fourth-order valence-electron chi connectivity index (χ4n) is 1.83. The van der Waals surface area contributed by atoms with Gasteiger partial charge in [-0.3, -0.25) is 4.79 Å². The minimum Gasteiger partial charge on any atom is -0.507 e. The minimum absolute atomic E-state index is 0.0738. The number of hydrogen-bond donors (Lipinski definition) is 1. The molecule has 0 atom stereocenters. The first kappa shape index (κ1) is 14.5. The summed E-state index contributed by atoms with van der Waals surface area (Å²) in [5, 5.41) is 9.79. The van der Waals surface area contributed by atoms with E-state index in [1.165, 1.54) is 23.1 Å². The van der Waals surface area contributed by atoms with Crippen molar-refractivity contribution in [2.75, 3.05) is 7.05 Å². The van der Waals surface area contributed by atoms with Gasteiger partial charge in [-0.15, -0.1) is 0 Å². The van der Waals surface area contributed by atoms with Crippen LogP contribution in [0.2, 0.25) is 0 Å². The lowest BCUT2D eigenvalue weighted by Gasteiger charge is -2.18. The first-order valence-electron chi connectivity index (χ1n) is 5.96. The fourth-order valence-corrected chi connectivity index (χ4v) is 2.18. The highest BCUT2D eigenvalue weighted by Gasteiger charge is 2.16. The number of amides is 1. The van der Waals surface area contributed by atoms with Crippen molar-refractivity contribution in [3.63, 3.8) is 0 Å². The number of carbonyl (C=O) groups excluding carboxylic acids is 1. The van der Waals surface area contributed by atoms with Crippen LogP contribution in [-0.2, 0) is 6.54 Å². The number of halogens is 2. The van der Waals surface area contributed by atoms with E-state index in [1.807, 2.05) is 0 Å². The number of nitrogens with zero attached hydrogens (tertiary/aromatic N) is 1. The van der Waals surface area contributed by atoms with Crippen molar-refractivity contribution in [3.8, 4) is 5.75 Å². The quantitative estimate of drug-likeness (QED) is 0.930. The van der Waals surface area contributed by atoms with Crippen molar-refractivity contribution in [1.29, 1.82) is 0 Å². The van der Waals surface area contributed by atoms with Crippen LogP contribution in [0.25, 0.3) is 0 Å². The Balaban J connectivity index is 2.14. The van der Waals surface area contributed by atoms with Gasteiger partial charge in [0.15, 0.2) is 0 Å². The molecule has 2 aromatic carbocycles. The highest BCUT2D eigenvalue weighted by atomic mass is 79.9. The number of rotatable bonds is 3. The summed E-state index contributed by atoms with van der Waals surface area (Å²) in [5.41, 5.74) is 1.05. The number of aromatic hydroxyl groups is 1. The van der Waals surface area contributed by atoms with Crippen LogP contribution in [0.5, 0.6) is 5.75 Å². The molecule has 0 aromatic heterocycles. The molecule has 0 fully saturated rings. The monoisotopic (exact) mass is 337 g/mol. The molecule has 0 aliphatic carbocycles. The van der Waals surface area contributed by atoms with Gasteiger partial charge in [-0.1, -0.05) is 28.1 Å². The molecule has 0 bridgehead atoms. The first-order valence-corrected chi connectivity index (χ1v) is 6.75. The predicted octanol–water partition coefficient (Wildman–Crippen LogP) is 3.57. The average molecular weight is 338 g/mol. The molecule has 0 saturated heterocycles. The summed E-state index contributed by atoms with van der Waals surface area (Å²) >= 11 is 3.22. The van der Waals surface area contributed by atoms with E-state index in [0.717, 1.165) is 5.56 Å². The lowest BCUT2D eigenvalue weighted by Crippen LogP contribution is -2.26. The molecule has 0 heterocycles. The molecular weight excluding hydrogens is 325 g/mol. The van der Waals surface area contributed by atoms with Gasteiger partial charge in [0.2, 0.25) is 0 Å². The standard InChI is InChI=1S/C15H13BrFNO2/c1-18(9-10-2-5-12(17)6-3-10)15(20)13-7-4-11(16)8-14(13)19/h2-8,19H,9H2,1H3. The molecule has 0 saturated carbocycles. The Morgan fingerprint density at radius 1 is 1.25 bits per heavy atom. The van der Waals surface area contributed by atoms with Crippen molar-refractivity contribution in [2.24, 2.45) is 0 Å². The predicted molar refractivity (Wildman–Crippen MR) is 78.0 cm³/mol. The highest BCUT2D eigenvalue weighted by Crippen LogP contribution is 2.23. The zero-order valence-corrected chi connectivity index (χ0v) is 12.4. The number of phenols is 1. The Morgan fingerprint density at radius 3 is 2.50 bits per heavy atom. The second kappa shape index (κ2) is 6.05. The van der Waals surface area contributed by atoms with Crippen molar-refractivity contribution in [1.82, 2.24) is 4.90 Å². The van der Waals surface area contributed by atoms with Gasteiger partial charge in [0, 0.05) is 18.1 Å². The second-order valence-corrected chi connectivity index (χ2v) is 5.36. The molecular formula is C15H13BrFNO2. The number of hydrogen-bond acceptors (Lipinski definition) is 2. The lowest BCUT2D eigenvalue weighted by atomic mass is 10.1. The molecule has 1 amide bonds. The average Bonchev–Trinajstić information content (AvgIpc) is 2.40. The molecule has 0 spiro atoms. The summed E-state index contributed by atoms with van der Waals surface area (Å²) < 4.78 is 13.5. The third-order valence-corrected chi connectivity index (χ3v) is 3.36. The minimum atomic E-state index is -0.312. The van der Waals surface area contributed by atoms with Crippen molar-refractivity contribution in [2.45, 2.75) is 6.54 Å². The number of carbonyl (C=O) groups is 1. The molecule has 0 radical (unpaired) electrons. The van der Waals surface area contributed by atoms with E-state index >= 15 is 0 Å². The van der Waals surface area contributed by atoms with Gasteiger partial charge in [-0.25, -0.2) is 4.39 Å². The van der Waals surface area contributed by atoms with Crippen LogP contribution < -0.4 is 0 Å². The van der Waals surface area contributed by atoms with Gasteiger partial charge < -0.3 is 10.0 Å². The Bertz CT molecular complexity index is 628. The van der Waals surface area contributed by atoms with E-state index in [4.69, 9.17) is 0 Å². The normalized spacial score (nSPS) is 10.3. The van der Waals surface area contributed by atoms with Crippen molar-refractivity contribution < 1.29 is 14.3 Å². The zero-order chi connectivity index (χ0) is 14.7. The molecule has 1 N–H and O–H groups in total. The molecule has 0 aliphatic rings. The maximum atomic E-state index is 12.8. The van der Waals surface area contributed by atoms with Crippen molar-refractivity contribution in [3.05, 3.63) is 63.9 Å². The first-order chi connectivity index (χ1) is 9.47. The summed E-state index contributed by atoms with van der Waals surface area (Å²) in [6.45, 7) is 0.342. The Morgan fingerprint density at radius 2 is 1.90 bits per heavy atom. The summed E-state index contributed by atoms with van der Waals surface area (Å²) in [6, 6.07) is 10.7. The third kappa shape index (κ3) is 3.36. The Labute approximate surface area is 124 Å². The molecule has 20 heavy (non-hydrogen) atoms. The van der Waals surface area contributed by atoms with Gasteiger partial charge in [-0.2, -0.15) is 0 Å². The van der Waals surface area contributed by atoms with Crippen LogP contribution in [0.4, 0.5) is 4.39 Å². The van der Waals surface area contributed by atoms with Gasteiger partial charge in [-0.05, 0) is 35.9 Å². The molecule has 0 aliphatic heterocycles. The van der Waals surface area contributed by atoms with Gasteiger partial charge in [0.1, 0.15) is 11.6 Å². The van der Waals surface area contributed by atoms with Crippen LogP contribution in [0.15, 0.2) is 46.9 Å². The fraction of sp³-hybridized carbons (Fsp3) is 0.133. The Kier molecular flexibility index (Phi) is 4.39. The summed E-state index contributed by atoms with van der Waals surface area (Å²) in [5.74, 6) is -0.678. The maximum Gasteiger partial charge on any atom is 0.257 e. The Hall–Kier alpha value is -1.88. The largest absolute Gasteiger partial charge is 0.507 e. The molecule has 3 nitrogen and oxygen atoms in total. The maximum absolute atomic E-state index is 12.8. The van der Waals surface area contributed by atoms with E-state index in [1.54, 1.807) is 31.3 Å². The SMILES string of the molecule is CN(Cc1ccc(F)cc1)C(=O)c1ccc(Br)cc1O. The highest BCUT2D eigenvalue weighted by molar-refractivity contribution is 9.10. The summed E-state index contributed by atoms with van der Waals surface area (Å²) in [6.07, 6.45) is 0. The van der Waals surface area contributed by atoms with E-state index in [2.05, 4.69) is 15.9 Å². The van der Waals surface area contributed by atoms with E-state index in [9.17, 15) is 14.3 Å².